The average Bonchev–Trinajstić information content (AvgIpc) is 2.80. The topological polar surface area (TPSA) is 108 Å². The maximum absolute atomic E-state index is 12.7. The van der Waals surface area contributed by atoms with Crippen molar-refractivity contribution in [3.63, 3.8) is 0 Å². The number of hydrogen-bond donors (Lipinski definition) is 3. The summed E-state index contributed by atoms with van der Waals surface area (Å²) in [4.78, 5) is 27.3. The molecule has 0 saturated carbocycles. The summed E-state index contributed by atoms with van der Waals surface area (Å²) in [5.41, 5.74) is 7.97. The van der Waals surface area contributed by atoms with Crippen molar-refractivity contribution in [2.24, 2.45) is 0 Å². The van der Waals surface area contributed by atoms with Gasteiger partial charge in [0.25, 0.3) is 11.8 Å². The summed E-state index contributed by atoms with van der Waals surface area (Å²) in [7, 11) is -3.89. The minimum Gasteiger partial charge on any atom is -0.362 e. The molecule has 8 nitrogen and oxygen atoms in total. The highest BCUT2D eigenvalue weighted by molar-refractivity contribution is 7.98. The minimum atomic E-state index is -3.89. The molecule has 3 rings (SSSR count). The van der Waals surface area contributed by atoms with Gasteiger partial charge in [-0.25, -0.2) is 8.42 Å². The van der Waals surface area contributed by atoms with E-state index in [0.717, 1.165) is 30.6 Å². The quantitative estimate of drug-likeness (QED) is 0.464. The number of carbonyl (C=O) groups is 2. The van der Waals surface area contributed by atoms with Crippen molar-refractivity contribution in [2.75, 3.05) is 30.0 Å². The lowest BCUT2D eigenvalue weighted by Crippen LogP contribution is -2.54. The lowest BCUT2D eigenvalue weighted by molar-refractivity contribution is -0.129. The number of nitrogens with one attached hydrogen (secondary N) is 3. The summed E-state index contributed by atoms with van der Waals surface area (Å²) in [6.07, 6.45) is 4.09. The Morgan fingerprint density at radius 1 is 1.09 bits per heavy atom. The van der Waals surface area contributed by atoms with Crippen molar-refractivity contribution in [1.82, 2.24) is 15.6 Å². The van der Waals surface area contributed by atoms with E-state index in [-0.39, 0.29) is 23.8 Å². The second-order valence-corrected chi connectivity index (χ2v) is 10.7. The van der Waals surface area contributed by atoms with Crippen molar-refractivity contribution in [1.29, 1.82) is 0 Å². The first-order valence-corrected chi connectivity index (χ1v) is 13.7. The number of sulfonamides is 1. The molecule has 0 aromatic heterocycles. The molecule has 0 radical (unpaired) electrons. The minimum absolute atomic E-state index is 0.0860. The number of para-hydroxylation sites is 1. The number of carbonyl (C=O) groups excluding carboxylic acids is 2. The molecule has 178 valence electrons. The summed E-state index contributed by atoms with van der Waals surface area (Å²) in [6.45, 7) is 2.72. The van der Waals surface area contributed by atoms with E-state index in [4.69, 9.17) is 0 Å². The number of hydrogen-bond acceptors (Lipinski definition) is 6. The van der Waals surface area contributed by atoms with Crippen molar-refractivity contribution >= 4 is 39.3 Å². The Kier molecular flexibility index (Phi) is 8.76. The Hall–Kier alpha value is -2.56. The van der Waals surface area contributed by atoms with Crippen molar-refractivity contribution < 1.29 is 18.0 Å². The number of aryl methyl sites for hydroxylation is 2. The number of benzene rings is 2. The van der Waals surface area contributed by atoms with Gasteiger partial charge in [0.2, 0.25) is 10.0 Å². The molecule has 0 aliphatic carbocycles. The molecule has 0 spiro atoms. The van der Waals surface area contributed by atoms with Crippen molar-refractivity contribution in [3.8, 4) is 0 Å². The Morgan fingerprint density at radius 2 is 1.82 bits per heavy atom. The third kappa shape index (κ3) is 6.96. The molecule has 10 heteroatoms. The molecule has 1 unspecified atom stereocenters. The van der Waals surface area contributed by atoms with Gasteiger partial charge < -0.3 is 4.90 Å². The van der Waals surface area contributed by atoms with Crippen LogP contribution in [0.15, 0.2) is 53.4 Å². The molecule has 0 saturated heterocycles. The first-order valence-electron chi connectivity index (χ1n) is 10.8. The van der Waals surface area contributed by atoms with Crippen molar-refractivity contribution in [2.45, 2.75) is 37.1 Å². The summed E-state index contributed by atoms with van der Waals surface area (Å²) < 4.78 is 28.0. The zero-order valence-electron chi connectivity index (χ0n) is 18.8. The van der Waals surface area contributed by atoms with Gasteiger partial charge in [-0.05, 0) is 62.0 Å². The SMILES string of the molecule is CSCCC(NS(=O)(=O)c1ccc(C)cc1)C(=O)NNC(=O)CN1CCCc2ccccc21. The van der Waals surface area contributed by atoms with Crippen LogP contribution in [-0.2, 0) is 26.0 Å². The normalized spacial score (nSPS) is 14.3. The third-order valence-corrected chi connectivity index (χ3v) is 7.55. The summed E-state index contributed by atoms with van der Waals surface area (Å²) in [6, 6.07) is 13.3. The molecular formula is C23H30N4O4S2. The van der Waals surface area contributed by atoms with E-state index < -0.39 is 22.0 Å². The molecule has 1 atom stereocenters. The van der Waals surface area contributed by atoms with E-state index in [9.17, 15) is 18.0 Å². The number of rotatable bonds is 9. The van der Waals surface area contributed by atoms with Gasteiger partial charge in [0.15, 0.2) is 0 Å². The molecule has 1 aliphatic heterocycles. The number of fused-ring (bicyclic) bond motifs is 1. The zero-order chi connectivity index (χ0) is 23.8. The standard InChI is InChI=1S/C23H30N4O4S2/c1-17-9-11-19(12-10-17)33(30,31)26-20(13-15-32-2)23(29)25-24-22(28)16-27-14-5-7-18-6-3-4-8-21(18)27/h3-4,6,8-12,20,26H,5,7,13-16H2,1-2H3,(H,24,28)(H,25,29). The second-order valence-electron chi connectivity index (χ2n) is 7.96. The number of anilines is 1. The van der Waals surface area contributed by atoms with E-state index in [1.54, 1.807) is 12.1 Å². The van der Waals surface area contributed by atoms with E-state index in [0.29, 0.717) is 5.75 Å². The molecule has 2 amide bonds. The number of nitrogens with zero attached hydrogens (tertiary/aromatic N) is 1. The maximum atomic E-state index is 12.7. The van der Waals surface area contributed by atoms with Crippen molar-refractivity contribution in [3.05, 3.63) is 59.7 Å². The van der Waals surface area contributed by atoms with Crippen LogP contribution < -0.4 is 20.5 Å². The van der Waals surface area contributed by atoms with Crippen LogP contribution in [-0.4, -0.2) is 51.4 Å². The van der Waals surface area contributed by atoms with Crippen LogP contribution >= 0.6 is 11.8 Å². The summed E-state index contributed by atoms with van der Waals surface area (Å²) >= 11 is 1.50. The highest BCUT2D eigenvalue weighted by atomic mass is 32.2. The molecule has 2 aromatic carbocycles. The van der Waals surface area contributed by atoms with Crippen LogP contribution in [0, 0.1) is 6.92 Å². The maximum Gasteiger partial charge on any atom is 0.257 e. The summed E-state index contributed by atoms with van der Waals surface area (Å²) in [5.74, 6) is -0.398. The van der Waals surface area contributed by atoms with Crippen LogP contribution in [0.2, 0.25) is 0 Å². The lowest BCUT2D eigenvalue weighted by Gasteiger charge is -2.30. The first kappa shape index (κ1) is 25.1. The van der Waals surface area contributed by atoms with Gasteiger partial charge in [-0.3, -0.25) is 20.4 Å². The van der Waals surface area contributed by atoms with Crippen LogP contribution in [0.3, 0.4) is 0 Å². The number of thioether (sulfide) groups is 1. The molecular weight excluding hydrogens is 460 g/mol. The zero-order valence-corrected chi connectivity index (χ0v) is 20.5. The molecule has 2 aromatic rings. The van der Waals surface area contributed by atoms with Crippen LogP contribution in [0.25, 0.3) is 0 Å². The number of hydrazine groups is 1. The van der Waals surface area contributed by atoms with Crippen LogP contribution in [0.5, 0.6) is 0 Å². The highest BCUT2D eigenvalue weighted by Gasteiger charge is 2.26. The predicted molar refractivity (Wildman–Crippen MR) is 132 cm³/mol. The van der Waals surface area contributed by atoms with E-state index in [2.05, 4.69) is 21.6 Å². The fourth-order valence-electron chi connectivity index (χ4n) is 3.66. The molecule has 0 fully saturated rings. The molecule has 1 heterocycles. The van der Waals surface area contributed by atoms with Gasteiger partial charge in [0, 0.05) is 12.2 Å². The number of amides is 2. The van der Waals surface area contributed by atoms with E-state index in [1.807, 2.05) is 36.3 Å². The Bertz CT molecular complexity index is 1070. The monoisotopic (exact) mass is 490 g/mol. The Balaban J connectivity index is 1.59. The molecule has 0 bridgehead atoms. The largest absolute Gasteiger partial charge is 0.362 e. The Labute approximate surface area is 199 Å². The predicted octanol–water partition coefficient (Wildman–Crippen LogP) is 2.00. The fraction of sp³-hybridized carbons (Fsp3) is 0.391. The van der Waals surface area contributed by atoms with Gasteiger partial charge >= 0.3 is 0 Å². The first-order chi connectivity index (χ1) is 15.8. The smallest absolute Gasteiger partial charge is 0.257 e. The summed E-state index contributed by atoms with van der Waals surface area (Å²) in [5, 5.41) is 0. The van der Waals surface area contributed by atoms with E-state index >= 15 is 0 Å². The van der Waals surface area contributed by atoms with Gasteiger partial charge in [-0.1, -0.05) is 35.9 Å². The molecule has 3 N–H and O–H groups in total. The Morgan fingerprint density at radius 3 is 2.55 bits per heavy atom. The third-order valence-electron chi connectivity index (χ3n) is 5.42. The van der Waals surface area contributed by atoms with Gasteiger partial charge in [-0.15, -0.1) is 0 Å². The van der Waals surface area contributed by atoms with Gasteiger partial charge in [-0.2, -0.15) is 16.5 Å². The molecule has 1 aliphatic rings. The molecule has 33 heavy (non-hydrogen) atoms. The van der Waals surface area contributed by atoms with E-state index in [1.165, 1.54) is 29.5 Å². The highest BCUT2D eigenvalue weighted by Crippen LogP contribution is 2.26. The van der Waals surface area contributed by atoms with Gasteiger partial charge in [0.1, 0.15) is 6.04 Å². The van der Waals surface area contributed by atoms with Crippen LogP contribution in [0.1, 0.15) is 24.0 Å². The second kappa shape index (κ2) is 11.5. The lowest BCUT2D eigenvalue weighted by atomic mass is 10.0. The van der Waals surface area contributed by atoms with Gasteiger partial charge in [0.05, 0.1) is 11.4 Å². The van der Waals surface area contributed by atoms with Crippen LogP contribution in [0.4, 0.5) is 5.69 Å². The average molecular weight is 491 g/mol. The fourth-order valence-corrected chi connectivity index (χ4v) is 5.36.